The molecule has 1 rings (SSSR count). The normalized spacial score (nSPS) is 21.8. The monoisotopic (exact) mass is 241 g/mol. The Morgan fingerprint density at radius 1 is 1.35 bits per heavy atom. The first-order valence-electron chi connectivity index (χ1n) is 6.38. The zero-order chi connectivity index (χ0) is 12.9. The van der Waals surface area contributed by atoms with Gasteiger partial charge in [0.2, 0.25) is 0 Å². The SMILES string of the molecule is CC(C)(C)OC(=O)NCC1CCCCCC1=O. The zero-order valence-corrected chi connectivity index (χ0v) is 11.0. The van der Waals surface area contributed by atoms with Crippen LogP contribution in [-0.4, -0.2) is 24.0 Å². The Labute approximate surface area is 103 Å². The maximum Gasteiger partial charge on any atom is 0.407 e. The van der Waals surface area contributed by atoms with Gasteiger partial charge >= 0.3 is 6.09 Å². The second kappa shape index (κ2) is 6.03. The molecule has 1 unspecified atom stereocenters. The fraction of sp³-hybridized carbons (Fsp3) is 0.846. The zero-order valence-electron chi connectivity index (χ0n) is 11.0. The van der Waals surface area contributed by atoms with Crippen molar-refractivity contribution in [3.63, 3.8) is 0 Å². The first-order chi connectivity index (χ1) is 7.88. The highest BCUT2D eigenvalue weighted by atomic mass is 16.6. The fourth-order valence-corrected chi connectivity index (χ4v) is 1.97. The highest BCUT2D eigenvalue weighted by molar-refractivity contribution is 5.82. The lowest BCUT2D eigenvalue weighted by atomic mass is 9.99. The molecule has 0 radical (unpaired) electrons. The fourth-order valence-electron chi connectivity index (χ4n) is 1.97. The molecule has 0 heterocycles. The number of carbonyl (C=O) groups is 2. The summed E-state index contributed by atoms with van der Waals surface area (Å²) in [6.07, 6.45) is 4.28. The predicted octanol–water partition coefficient (Wildman–Crippen LogP) is 2.66. The lowest BCUT2D eigenvalue weighted by molar-refractivity contribution is -0.122. The van der Waals surface area contributed by atoms with E-state index >= 15 is 0 Å². The predicted molar refractivity (Wildman–Crippen MR) is 65.8 cm³/mol. The second-order valence-corrected chi connectivity index (χ2v) is 5.65. The summed E-state index contributed by atoms with van der Waals surface area (Å²) in [4.78, 5) is 23.2. The summed E-state index contributed by atoms with van der Waals surface area (Å²) in [6.45, 7) is 5.88. The number of alkyl carbamates (subject to hydrolysis) is 1. The van der Waals surface area contributed by atoms with E-state index in [9.17, 15) is 9.59 Å². The van der Waals surface area contributed by atoms with Gasteiger partial charge in [0, 0.05) is 18.9 Å². The number of ketones is 1. The molecule has 0 aromatic heterocycles. The van der Waals surface area contributed by atoms with Crippen molar-refractivity contribution in [2.24, 2.45) is 5.92 Å². The van der Waals surface area contributed by atoms with Gasteiger partial charge in [-0.1, -0.05) is 12.8 Å². The topological polar surface area (TPSA) is 55.4 Å². The summed E-state index contributed by atoms with van der Waals surface area (Å²) < 4.78 is 5.13. The molecule has 1 fully saturated rings. The Balaban J connectivity index is 2.33. The molecular weight excluding hydrogens is 218 g/mol. The number of rotatable bonds is 2. The maximum absolute atomic E-state index is 11.7. The van der Waals surface area contributed by atoms with E-state index in [2.05, 4.69) is 5.32 Å². The first kappa shape index (κ1) is 14.0. The molecule has 0 spiro atoms. The summed E-state index contributed by atoms with van der Waals surface area (Å²) >= 11 is 0. The number of carbonyl (C=O) groups excluding carboxylic acids is 2. The van der Waals surface area contributed by atoms with Crippen LogP contribution in [0, 0.1) is 5.92 Å². The van der Waals surface area contributed by atoms with Crippen molar-refractivity contribution in [3.05, 3.63) is 0 Å². The van der Waals surface area contributed by atoms with Crippen molar-refractivity contribution in [2.45, 2.75) is 58.5 Å². The number of Topliss-reactive ketones (excluding diaryl/α,β-unsaturated/α-hetero) is 1. The highest BCUT2D eigenvalue weighted by Gasteiger charge is 2.22. The van der Waals surface area contributed by atoms with Crippen molar-refractivity contribution in [2.75, 3.05) is 6.54 Å². The molecule has 0 bridgehead atoms. The van der Waals surface area contributed by atoms with Gasteiger partial charge in [-0.05, 0) is 33.6 Å². The summed E-state index contributed by atoms with van der Waals surface area (Å²) in [5.74, 6) is 0.253. The third-order valence-electron chi connectivity index (χ3n) is 2.82. The van der Waals surface area contributed by atoms with E-state index in [1.165, 1.54) is 0 Å². The number of ether oxygens (including phenoxy) is 1. The average molecular weight is 241 g/mol. The smallest absolute Gasteiger partial charge is 0.407 e. The molecule has 1 N–H and O–H groups in total. The van der Waals surface area contributed by atoms with E-state index in [0.717, 1.165) is 25.7 Å². The minimum Gasteiger partial charge on any atom is -0.444 e. The standard InChI is InChI=1S/C13H23NO3/c1-13(2,3)17-12(16)14-9-10-7-5-4-6-8-11(10)15/h10H,4-9H2,1-3H3,(H,14,16). The molecule has 1 aliphatic carbocycles. The van der Waals surface area contributed by atoms with Crippen LogP contribution >= 0.6 is 0 Å². The Bertz CT molecular complexity index is 281. The molecule has 0 aliphatic heterocycles. The van der Waals surface area contributed by atoms with Crippen LogP contribution in [0.3, 0.4) is 0 Å². The molecular formula is C13H23NO3. The number of hydrogen-bond donors (Lipinski definition) is 1. The third-order valence-corrected chi connectivity index (χ3v) is 2.82. The molecule has 98 valence electrons. The van der Waals surface area contributed by atoms with Crippen LogP contribution in [0.15, 0.2) is 0 Å². The van der Waals surface area contributed by atoms with Crippen molar-refractivity contribution in [1.82, 2.24) is 5.32 Å². The molecule has 1 amide bonds. The molecule has 4 heteroatoms. The van der Waals surface area contributed by atoms with E-state index in [-0.39, 0.29) is 11.7 Å². The lowest BCUT2D eigenvalue weighted by Crippen LogP contribution is -2.36. The van der Waals surface area contributed by atoms with Crippen LogP contribution in [0.1, 0.15) is 52.9 Å². The molecule has 1 aliphatic rings. The van der Waals surface area contributed by atoms with Gasteiger partial charge in [0.05, 0.1) is 0 Å². The van der Waals surface area contributed by atoms with Gasteiger partial charge in [-0.25, -0.2) is 4.79 Å². The van der Waals surface area contributed by atoms with Gasteiger partial charge in [0.15, 0.2) is 0 Å². The van der Waals surface area contributed by atoms with Crippen LogP contribution in [-0.2, 0) is 9.53 Å². The summed E-state index contributed by atoms with van der Waals surface area (Å²) in [5.41, 5.74) is -0.489. The molecule has 0 saturated heterocycles. The molecule has 0 aromatic rings. The molecule has 17 heavy (non-hydrogen) atoms. The Hall–Kier alpha value is -1.06. The summed E-state index contributed by atoms with van der Waals surface area (Å²) in [7, 11) is 0. The van der Waals surface area contributed by atoms with Crippen LogP contribution in [0.5, 0.6) is 0 Å². The number of nitrogens with one attached hydrogen (secondary N) is 1. The van der Waals surface area contributed by atoms with Crippen LogP contribution in [0.25, 0.3) is 0 Å². The Morgan fingerprint density at radius 3 is 2.71 bits per heavy atom. The van der Waals surface area contributed by atoms with Crippen molar-refractivity contribution in [1.29, 1.82) is 0 Å². The number of amides is 1. The maximum atomic E-state index is 11.7. The van der Waals surface area contributed by atoms with Crippen molar-refractivity contribution < 1.29 is 14.3 Å². The van der Waals surface area contributed by atoms with E-state index < -0.39 is 11.7 Å². The van der Waals surface area contributed by atoms with Crippen LogP contribution in [0.4, 0.5) is 4.79 Å². The molecule has 0 aromatic carbocycles. The van der Waals surface area contributed by atoms with Crippen LogP contribution in [0.2, 0.25) is 0 Å². The van der Waals surface area contributed by atoms with Crippen LogP contribution < -0.4 is 5.32 Å². The minimum absolute atomic E-state index is 0.0231. The molecule has 1 saturated carbocycles. The van der Waals surface area contributed by atoms with E-state index in [0.29, 0.717) is 13.0 Å². The van der Waals surface area contributed by atoms with E-state index in [1.54, 1.807) is 0 Å². The summed E-state index contributed by atoms with van der Waals surface area (Å²) in [6, 6.07) is 0. The first-order valence-corrected chi connectivity index (χ1v) is 6.38. The Kier molecular flexibility index (Phi) is 4.97. The van der Waals surface area contributed by atoms with Crippen molar-refractivity contribution in [3.8, 4) is 0 Å². The molecule has 4 nitrogen and oxygen atoms in total. The van der Waals surface area contributed by atoms with E-state index in [1.807, 2.05) is 20.8 Å². The van der Waals surface area contributed by atoms with Gasteiger partial charge in [0.25, 0.3) is 0 Å². The van der Waals surface area contributed by atoms with E-state index in [4.69, 9.17) is 4.74 Å². The average Bonchev–Trinajstić information content (AvgIpc) is 2.37. The second-order valence-electron chi connectivity index (χ2n) is 5.65. The minimum atomic E-state index is -0.489. The van der Waals surface area contributed by atoms with Gasteiger partial charge in [0.1, 0.15) is 11.4 Å². The van der Waals surface area contributed by atoms with Gasteiger partial charge in [-0.3, -0.25) is 4.79 Å². The number of hydrogen-bond acceptors (Lipinski definition) is 3. The third kappa shape index (κ3) is 5.71. The van der Waals surface area contributed by atoms with Gasteiger partial charge < -0.3 is 10.1 Å². The molecule has 1 atom stereocenters. The Morgan fingerprint density at radius 2 is 2.06 bits per heavy atom. The highest BCUT2D eigenvalue weighted by Crippen LogP contribution is 2.19. The largest absolute Gasteiger partial charge is 0.444 e. The lowest BCUT2D eigenvalue weighted by Gasteiger charge is -2.21. The van der Waals surface area contributed by atoms with Crippen molar-refractivity contribution >= 4 is 11.9 Å². The van der Waals surface area contributed by atoms with Gasteiger partial charge in [-0.2, -0.15) is 0 Å². The summed E-state index contributed by atoms with van der Waals surface area (Å²) in [5, 5.41) is 2.69. The quantitative estimate of drug-likeness (QED) is 0.756. The van der Waals surface area contributed by atoms with Gasteiger partial charge in [-0.15, -0.1) is 0 Å².